The lowest BCUT2D eigenvalue weighted by Gasteiger charge is -2.34. The van der Waals surface area contributed by atoms with Gasteiger partial charge in [-0.15, -0.1) is 0 Å². The summed E-state index contributed by atoms with van der Waals surface area (Å²) in [6.45, 7) is 1.83. The predicted molar refractivity (Wildman–Crippen MR) is 177 cm³/mol. The van der Waals surface area contributed by atoms with Crippen molar-refractivity contribution in [3.05, 3.63) is 128 Å². The standard InChI is InChI=1S/C32H31BrIN3O4S/c1-2-35-32(39)30(21-24-10-5-3-6-11-24)36(22-25-12-9-13-26(33)20-25)31(38)23-37(28-18-16-27(34)17-19-28)42(40,41)29-14-7-4-8-15-29/h3-20,30H,2,21-23H2,1H3,(H,35,39)/t30-/m1/s1. The molecule has 4 rings (SSSR count). The number of hydrogen-bond acceptors (Lipinski definition) is 4. The number of halogens is 2. The van der Waals surface area contributed by atoms with Gasteiger partial charge in [0.25, 0.3) is 10.0 Å². The van der Waals surface area contributed by atoms with E-state index in [1.165, 1.54) is 17.0 Å². The second kappa shape index (κ2) is 14.8. The van der Waals surface area contributed by atoms with Crippen LogP contribution in [0, 0.1) is 3.57 Å². The van der Waals surface area contributed by atoms with Gasteiger partial charge in [-0.2, -0.15) is 0 Å². The van der Waals surface area contributed by atoms with Crippen molar-refractivity contribution in [2.75, 3.05) is 17.4 Å². The van der Waals surface area contributed by atoms with Crippen molar-refractivity contribution in [3.8, 4) is 0 Å². The Labute approximate surface area is 269 Å². The lowest BCUT2D eigenvalue weighted by Crippen LogP contribution is -2.53. The Morgan fingerprint density at radius 3 is 2.10 bits per heavy atom. The molecule has 0 spiro atoms. The van der Waals surface area contributed by atoms with Gasteiger partial charge < -0.3 is 10.2 Å². The van der Waals surface area contributed by atoms with Crippen LogP contribution in [0.4, 0.5) is 5.69 Å². The first-order chi connectivity index (χ1) is 20.2. The van der Waals surface area contributed by atoms with Crippen LogP contribution in [0.25, 0.3) is 0 Å². The molecule has 218 valence electrons. The molecule has 0 aliphatic rings. The Morgan fingerprint density at radius 2 is 1.48 bits per heavy atom. The number of rotatable bonds is 12. The van der Waals surface area contributed by atoms with Gasteiger partial charge in [-0.25, -0.2) is 8.42 Å². The summed E-state index contributed by atoms with van der Waals surface area (Å²) in [5, 5.41) is 2.87. The normalized spacial score (nSPS) is 11.9. The summed E-state index contributed by atoms with van der Waals surface area (Å²) in [7, 11) is -4.11. The van der Waals surface area contributed by atoms with E-state index in [-0.39, 0.29) is 23.8 Å². The van der Waals surface area contributed by atoms with E-state index in [0.717, 1.165) is 23.5 Å². The Kier molecular flexibility index (Phi) is 11.2. The molecule has 10 heteroatoms. The van der Waals surface area contributed by atoms with E-state index < -0.39 is 28.5 Å². The fourth-order valence-corrected chi connectivity index (χ4v) is 6.78. The summed E-state index contributed by atoms with van der Waals surface area (Å²) in [6.07, 6.45) is 0.265. The van der Waals surface area contributed by atoms with Gasteiger partial charge in [0.05, 0.1) is 10.6 Å². The van der Waals surface area contributed by atoms with Crippen LogP contribution in [-0.4, -0.2) is 44.3 Å². The van der Waals surface area contributed by atoms with Crippen LogP contribution in [0.15, 0.2) is 119 Å². The Morgan fingerprint density at radius 1 is 0.857 bits per heavy atom. The van der Waals surface area contributed by atoms with Gasteiger partial charge in [-0.3, -0.25) is 13.9 Å². The number of benzene rings is 4. The van der Waals surface area contributed by atoms with E-state index in [1.807, 2.05) is 61.5 Å². The molecule has 0 saturated carbocycles. The van der Waals surface area contributed by atoms with Gasteiger partial charge in [0, 0.05) is 27.6 Å². The Balaban J connectivity index is 1.78. The fourth-order valence-electron chi connectivity index (χ4n) is 4.53. The maximum Gasteiger partial charge on any atom is 0.264 e. The second-order valence-corrected chi connectivity index (χ2v) is 13.6. The maximum atomic E-state index is 14.3. The van der Waals surface area contributed by atoms with Crippen molar-refractivity contribution in [1.82, 2.24) is 10.2 Å². The molecule has 0 aromatic heterocycles. The number of nitrogens with zero attached hydrogens (tertiary/aromatic N) is 2. The molecule has 0 radical (unpaired) electrons. The average Bonchev–Trinajstić information content (AvgIpc) is 2.99. The van der Waals surface area contributed by atoms with E-state index in [1.54, 1.807) is 42.5 Å². The smallest absolute Gasteiger partial charge is 0.264 e. The van der Waals surface area contributed by atoms with Gasteiger partial charge in [0.1, 0.15) is 12.6 Å². The van der Waals surface area contributed by atoms with Crippen LogP contribution in [0.5, 0.6) is 0 Å². The number of likely N-dealkylation sites (N-methyl/N-ethyl adjacent to an activating group) is 1. The number of carbonyl (C=O) groups is 2. The minimum atomic E-state index is -4.11. The number of hydrogen-bond donors (Lipinski definition) is 1. The molecule has 42 heavy (non-hydrogen) atoms. The summed E-state index contributed by atoms with van der Waals surface area (Å²) < 4.78 is 30.8. The van der Waals surface area contributed by atoms with E-state index in [2.05, 4.69) is 43.8 Å². The summed E-state index contributed by atoms with van der Waals surface area (Å²) >= 11 is 5.64. The second-order valence-electron chi connectivity index (χ2n) is 9.55. The first-order valence-corrected chi connectivity index (χ1v) is 16.7. The van der Waals surface area contributed by atoms with Gasteiger partial charge in [-0.1, -0.05) is 76.6 Å². The molecule has 7 nitrogen and oxygen atoms in total. The molecule has 0 bridgehead atoms. The number of anilines is 1. The molecular weight excluding hydrogens is 729 g/mol. The van der Waals surface area contributed by atoms with Crippen molar-refractivity contribution in [1.29, 1.82) is 0 Å². The quantitative estimate of drug-likeness (QED) is 0.179. The Bertz CT molecular complexity index is 1600. The van der Waals surface area contributed by atoms with Gasteiger partial charge in [0.2, 0.25) is 11.8 Å². The number of carbonyl (C=O) groups excluding carboxylic acids is 2. The van der Waals surface area contributed by atoms with Crippen LogP contribution >= 0.6 is 38.5 Å². The topological polar surface area (TPSA) is 86.8 Å². The SMILES string of the molecule is CCNC(=O)[C@@H](Cc1ccccc1)N(Cc1cccc(Br)c1)C(=O)CN(c1ccc(I)cc1)S(=O)(=O)c1ccccc1. The highest BCUT2D eigenvalue weighted by atomic mass is 127. The van der Waals surface area contributed by atoms with Crippen LogP contribution in [0.3, 0.4) is 0 Å². The number of sulfonamides is 1. The summed E-state index contributed by atoms with van der Waals surface area (Å²) in [5.74, 6) is -0.809. The van der Waals surface area contributed by atoms with Crippen molar-refractivity contribution in [2.24, 2.45) is 0 Å². The van der Waals surface area contributed by atoms with Crippen LogP contribution in [-0.2, 0) is 32.6 Å². The third-order valence-electron chi connectivity index (χ3n) is 6.59. The molecule has 0 aliphatic carbocycles. The highest BCUT2D eigenvalue weighted by Gasteiger charge is 2.34. The molecule has 4 aromatic carbocycles. The maximum absolute atomic E-state index is 14.3. The third kappa shape index (κ3) is 8.20. The van der Waals surface area contributed by atoms with Crippen molar-refractivity contribution >= 4 is 66.0 Å². The van der Waals surface area contributed by atoms with Crippen LogP contribution < -0.4 is 9.62 Å². The zero-order valence-corrected chi connectivity index (χ0v) is 27.5. The predicted octanol–water partition coefficient (Wildman–Crippen LogP) is 6.03. The van der Waals surface area contributed by atoms with Crippen LogP contribution in [0.2, 0.25) is 0 Å². The summed E-state index contributed by atoms with van der Waals surface area (Å²) in [6, 6.07) is 31.1. The zero-order chi connectivity index (χ0) is 30.1. The van der Waals surface area contributed by atoms with Gasteiger partial charge in [-0.05, 0) is 89.2 Å². The lowest BCUT2D eigenvalue weighted by atomic mass is 10.0. The Hall–Kier alpha value is -3.22. The molecular formula is C32H31BrIN3O4S. The molecule has 0 heterocycles. The van der Waals surface area contributed by atoms with Crippen molar-refractivity contribution in [3.63, 3.8) is 0 Å². The highest BCUT2D eigenvalue weighted by Crippen LogP contribution is 2.26. The molecule has 4 aromatic rings. The first kappa shape index (κ1) is 31.7. The van der Waals surface area contributed by atoms with E-state index in [0.29, 0.717) is 12.2 Å². The van der Waals surface area contributed by atoms with Crippen molar-refractivity contribution in [2.45, 2.75) is 30.8 Å². The van der Waals surface area contributed by atoms with E-state index in [9.17, 15) is 18.0 Å². The van der Waals surface area contributed by atoms with Crippen LogP contribution in [0.1, 0.15) is 18.1 Å². The monoisotopic (exact) mass is 759 g/mol. The van der Waals surface area contributed by atoms with Gasteiger partial charge >= 0.3 is 0 Å². The number of amides is 2. The lowest BCUT2D eigenvalue weighted by molar-refractivity contribution is -0.140. The molecule has 1 atom stereocenters. The van der Waals surface area contributed by atoms with E-state index in [4.69, 9.17) is 0 Å². The fraction of sp³-hybridized carbons (Fsp3) is 0.188. The minimum Gasteiger partial charge on any atom is -0.355 e. The third-order valence-corrected chi connectivity index (χ3v) is 9.59. The van der Waals surface area contributed by atoms with Crippen molar-refractivity contribution < 1.29 is 18.0 Å². The molecule has 0 aliphatic heterocycles. The van der Waals surface area contributed by atoms with E-state index >= 15 is 0 Å². The first-order valence-electron chi connectivity index (χ1n) is 13.4. The largest absolute Gasteiger partial charge is 0.355 e. The summed E-state index contributed by atoms with van der Waals surface area (Å²) in [5.41, 5.74) is 2.03. The molecule has 0 saturated heterocycles. The zero-order valence-electron chi connectivity index (χ0n) is 23.0. The average molecular weight is 760 g/mol. The summed E-state index contributed by atoms with van der Waals surface area (Å²) in [4.78, 5) is 29.4. The molecule has 1 N–H and O–H groups in total. The molecule has 2 amide bonds. The molecule has 0 fully saturated rings. The number of nitrogens with one attached hydrogen (secondary N) is 1. The highest BCUT2D eigenvalue weighted by molar-refractivity contribution is 14.1. The molecule has 0 unspecified atom stereocenters. The minimum absolute atomic E-state index is 0.0689. The van der Waals surface area contributed by atoms with Gasteiger partial charge in [0.15, 0.2) is 0 Å².